The van der Waals surface area contributed by atoms with Crippen molar-refractivity contribution in [3.63, 3.8) is 0 Å². The van der Waals surface area contributed by atoms with Gasteiger partial charge in [-0.3, -0.25) is 4.79 Å². The Hall–Kier alpha value is -1.69. The van der Waals surface area contributed by atoms with Crippen LogP contribution in [0.4, 0.5) is 0 Å². The number of carbonyl (C=O) groups is 1. The molecule has 1 saturated heterocycles. The first-order valence-electron chi connectivity index (χ1n) is 8.17. The molecule has 1 aromatic carbocycles. The van der Waals surface area contributed by atoms with Gasteiger partial charge in [-0.15, -0.1) is 0 Å². The van der Waals surface area contributed by atoms with Gasteiger partial charge in [0.05, 0.1) is 6.54 Å². The molecule has 0 radical (unpaired) electrons. The van der Waals surface area contributed by atoms with Gasteiger partial charge in [-0.2, -0.15) is 11.8 Å². The molecule has 2 rings (SSSR count). The van der Waals surface area contributed by atoms with Gasteiger partial charge in [0.2, 0.25) is 5.91 Å². The van der Waals surface area contributed by atoms with Gasteiger partial charge in [0, 0.05) is 36.2 Å². The minimum atomic E-state index is -0.398. The van der Waals surface area contributed by atoms with Crippen LogP contribution in [0.25, 0.3) is 0 Å². The van der Waals surface area contributed by atoms with Crippen LogP contribution >= 0.6 is 11.8 Å². The number of aliphatic imine (C=N–C) groups is 1. The van der Waals surface area contributed by atoms with Crippen molar-refractivity contribution in [1.82, 2.24) is 10.2 Å². The maximum absolute atomic E-state index is 11.1. The van der Waals surface area contributed by atoms with Crippen molar-refractivity contribution in [1.29, 1.82) is 0 Å². The van der Waals surface area contributed by atoms with Gasteiger partial charge in [-0.25, -0.2) is 4.99 Å². The fraction of sp³-hybridized carbons (Fsp3) is 0.529. The van der Waals surface area contributed by atoms with Gasteiger partial charge in [0.25, 0.3) is 0 Å². The van der Waals surface area contributed by atoms with E-state index < -0.39 is 5.91 Å². The summed E-state index contributed by atoms with van der Waals surface area (Å²) in [7, 11) is 0. The number of amides is 1. The average Bonchev–Trinajstić information content (AvgIpc) is 2.59. The molecule has 126 valence electrons. The second-order valence-electron chi connectivity index (χ2n) is 5.58. The summed E-state index contributed by atoms with van der Waals surface area (Å²) >= 11 is 2.05. The second-order valence-corrected chi connectivity index (χ2v) is 6.99. The summed E-state index contributed by atoms with van der Waals surface area (Å²) in [6, 6.07) is 7.33. The second kappa shape index (κ2) is 8.82. The predicted octanol–water partition coefficient (Wildman–Crippen LogP) is 2.08. The van der Waals surface area contributed by atoms with Crippen LogP contribution in [-0.4, -0.2) is 47.4 Å². The smallest absolute Gasteiger partial charge is 0.248 e. The minimum Gasteiger partial charge on any atom is -0.366 e. The average molecular weight is 334 g/mol. The highest BCUT2D eigenvalue weighted by Gasteiger charge is 2.21. The third-order valence-corrected chi connectivity index (χ3v) is 5.25. The van der Waals surface area contributed by atoms with Gasteiger partial charge < -0.3 is 16.0 Å². The molecule has 1 aliphatic rings. The summed E-state index contributed by atoms with van der Waals surface area (Å²) < 4.78 is 0. The van der Waals surface area contributed by atoms with E-state index in [2.05, 4.69) is 35.8 Å². The number of carbonyl (C=O) groups excluding carboxylic acids is 1. The van der Waals surface area contributed by atoms with Crippen LogP contribution in [0.15, 0.2) is 29.3 Å². The fourth-order valence-electron chi connectivity index (χ4n) is 2.53. The monoisotopic (exact) mass is 334 g/mol. The summed E-state index contributed by atoms with van der Waals surface area (Å²) in [5.41, 5.74) is 6.87. The molecule has 1 unspecified atom stereocenters. The highest BCUT2D eigenvalue weighted by atomic mass is 32.2. The molecule has 0 aliphatic carbocycles. The molecule has 1 heterocycles. The van der Waals surface area contributed by atoms with Crippen molar-refractivity contribution in [3.8, 4) is 0 Å². The lowest BCUT2D eigenvalue weighted by molar-refractivity contribution is 0.100. The normalized spacial score (nSPS) is 18.8. The Labute approximate surface area is 142 Å². The number of hydrogen-bond donors (Lipinski definition) is 2. The molecular formula is C17H26N4OS. The highest BCUT2D eigenvalue weighted by molar-refractivity contribution is 8.00. The Balaban J connectivity index is 2.04. The van der Waals surface area contributed by atoms with Crippen LogP contribution in [0.2, 0.25) is 0 Å². The number of primary amides is 1. The Morgan fingerprint density at radius 2 is 2.13 bits per heavy atom. The van der Waals surface area contributed by atoms with Crippen molar-refractivity contribution in [2.75, 3.05) is 25.4 Å². The standard InChI is InChI=1S/C17H26N4OS/c1-3-15-12-21(9-10-23-15)17(19-4-2)20-11-13-5-7-14(8-6-13)16(18)22/h5-8,15H,3-4,9-12H2,1-2H3,(H2,18,22)(H,19,20). The summed E-state index contributed by atoms with van der Waals surface area (Å²) in [6.45, 7) is 7.88. The maximum Gasteiger partial charge on any atom is 0.248 e. The van der Waals surface area contributed by atoms with Crippen molar-refractivity contribution in [3.05, 3.63) is 35.4 Å². The van der Waals surface area contributed by atoms with E-state index in [9.17, 15) is 4.79 Å². The molecular weight excluding hydrogens is 308 g/mol. The van der Waals surface area contributed by atoms with Crippen molar-refractivity contribution < 1.29 is 4.79 Å². The molecule has 1 amide bonds. The lowest BCUT2D eigenvalue weighted by Gasteiger charge is -2.34. The molecule has 0 spiro atoms. The number of thioether (sulfide) groups is 1. The lowest BCUT2D eigenvalue weighted by Crippen LogP contribution is -2.48. The third-order valence-electron chi connectivity index (χ3n) is 3.88. The quantitative estimate of drug-likeness (QED) is 0.639. The molecule has 3 N–H and O–H groups in total. The van der Waals surface area contributed by atoms with E-state index in [-0.39, 0.29) is 0 Å². The first-order chi connectivity index (χ1) is 11.1. The van der Waals surface area contributed by atoms with Crippen LogP contribution in [0.3, 0.4) is 0 Å². The zero-order chi connectivity index (χ0) is 16.7. The molecule has 23 heavy (non-hydrogen) atoms. The number of rotatable bonds is 5. The first-order valence-corrected chi connectivity index (χ1v) is 9.22. The summed E-state index contributed by atoms with van der Waals surface area (Å²) in [5.74, 6) is 1.73. The van der Waals surface area contributed by atoms with E-state index in [0.717, 1.165) is 36.9 Å². The molecule has 1 fully saturated rings. The lowest BCUT2D eigenvalue weighted by atomic mass is 10.1. The van der Waals surface area contributed by atoms with E-state index >= 15 is 0 Å². The first kappa shape index (κ1) is 17.7. The topological polar surface area (TPSA) is 70.7 Å². The predicted molar refractivity (Wildman–Crippen MR) is 97.9 cm³/mol. The number of benzene rings is 1. The van der Waals surface area contributed by atoms with Crippen LogP contribution in [-0.2, 0) is 6.54 Å². The Kier molecular flexibility index (Phi) is 6.77. The number of nitrogens with one attached hydrogen (secondary N) is 1. The van der Waals surface area contributed by atoms with E-state index in [4.69, 9.17) is 10.7 Å². The number of guanidine groups is 1. The molecule has 5 nitrogen and oxygen atoms in total. The van der Waals surface area contributed by atoms with Gasteiger partial charge >= 0.3 is 0 Å². The zero-order valence-electron chi connectivity index (χ0n) is 13.9. The van der Waals surface area contributed by atoms with Crippen LogP contribution < -0.4 is 11.1 Å². The number of hydrogen-bond acceptors (Lipinski definition) is 3. The van der Waals surface area contributed by atoms with Gasteiger partial charge in [0.1, 0.15) is 0 Å². The van der Waals surface area contributed by atoms with Crippen LogP contribution in [0.1, 0.15) is 36.2 Å². The Morgan fingerprint density at radius 3 is 2.74 bits per heavy atom. The van der Waals surface area contributed by atoms with Gasteiger partial charge in [-0.1, -0.05) is 19.1 Å². The summed E-state index contributed by atoms with van der Waals surface area (Å²) in [5, 5.41) is 4.07. The van der Waals surface area contributed by atoms with Crippen molar-refractivity contribution in [2.24, 2.45) is 10.7 Å². The van der Waals surface area contributed by atoms with E-state index in [1.165, 1.54) is 6.42 Å². The largest absolute Gasteiger partial charge is 0.366 e. The van der Waals surface area contributed by atoms with E-state index in [1.807, 2.05) is 12.1 Å². The van der Waals surface area contributed by atoms with Crippen LogP contribution in [0, 0.1) is 0 Å². The molecule has 1 atom stereocenters. The fourth-order valence-corrected chi connectivity index (χ4v) is 3.71. The molecule has 1 aromatic rings. The van der Waals surface area contributed by atoms with Crippen LogP contribution in [0.5, 0.6) is 0 Å². The molecule has 1 aliphatic heterocycles. The molecule has 0 bridgehead atoms. The Morgan fingerprint density at radius 1 is 1.39 bits per heavy atom. The van der Waals surface area contributed by atoms with Crippen molar-refractivity contribution in [2.45, 2.75) is 32.1 Å². The van der Waals surface area contributed by atoms with Crippen molar-refractivity contribution >= 4 is 23.6 Å². The number of nitrogens with zero attached hydrogens (tertiary/aromatic N) is 2. The SMILES string of the molecule is CCNC(=NCc1ccc(C(N)=O)cc1)N1CCSC(CC)C1. The molecule has 0 aromatic heterocycles. The Bertz CT molecular complexity index is 544. The molecule has 6 heteroatoms. The van der Waals surface area contributed by atoms with E-state index in [0.29, 0.717) is 17.4 Å². The number of nitrogens with two attached hydrogens (primary N) is 1. The third kappa shape index (κ3) is 5.16. The van der Waals surface area contributed by atoms with E-state index in [1.54, 1.807) is 12.1 Å². The minimum absolute atomic E-state index is 0.398. The van der Waals surface area contributed by atoms with Gasteiger partial charge in [0.15, 0.2) is 5.96 Å². The molecule has 0 saturated carbocycles. The summed E-state index contributed by atoms with van der Waals surface area (Å²) in [6.07, 6.45) is 1.19. The van der Waals surface area contributed by atoms with Gasteiger partial charge in [-0.05, 0) is 31.0 Å². The summed E-state index contributed by atoms with van der Waals surface area (Å²) in [4.78, 5) is 18.2. The zero-order valence-corrected chi connectivity index (χ0v) is 14.7. The maximum atomic E-state index is 11.1. The highest BCUT2D eigenvalue weighted by Crippen LogP contribution is 2.21.